The van der Waals surface area contributed by atoms with E-state index in [4.69, 9.17) is 0 Å². The minimum Gasteiger partial charge on any atom is -0.350 e. The van der Waals surface area contributed by atoms with Gasteiger partial charge in [0.15, 0.2) is 0 Å². The fraction of sp³-hybridized carbons (Fsp3) is 0.217. The maximum Gasteiger partial charge on any atom is 0.418 e. The number of anilines is 1. The van der Waals surface area contributed by atoms with Crippen LogP contribution in [-0.2, 0) is 19.8 Å². The van der Waals surface area contributed by atoms with E-state index in [2.05, 4.69) is 10.4 Å². The third kappa shape index (κ3) is 3.81. The number of aryl methyl sites for hydroxylation is 3. The molecule has 0 aliphatic rings. The molecule has 0 fully saturated rings. The number of carbonyl (C=O) groups excluding carboxylic acids is 1. The first-order valence-corrected chi connectivity index (χ1v) is 9.79. The molecule has 0 unspecified atom stereocenters. The fourth-order valence-electron chi connectivity index (χ4n) is 3.74. The summed E-state index contributed by atoms with van der Waals surface area (Å²) in [6, 6.07) is 12.1. The predicted molar refractivity (Wildman–Crippen MR) is 114 cm³/mol. The number of amides is 1. The number of benzene rings is 2. The van der Waals surface area contributed by atoms with Crippen LogP contribution in [-0.4, -0.2) is 20.3 Å². The normalized spacial score (nSPS) is 11.8. The molecule has 4 rings (SSSR count). The number of hydrogen-bond acceptors (Lipinski definition) is 2. The molecule has 0 atom stereocenters. The first-order chi connectivity index (χ1) is 14.7. The van der Waals surface area contributed by atoms with Crippen molar-refractivity contribution in [2.45, 2.75) is 26.6 Å². The van der Waals surface area contributed by atoms with Crippen molar-refractivity contribution >= 4 is 22.5 Å². The number of halogens is 3. The molecule has 1 amide bonds. The quantitative estimate of drug-likeness (QED) is 0.459. The molecule has 1 N–H and O–H groups in total. The van der Waals surface area contributed by atoms with E-state index in [9.17, 15) is 18.0 Å². The number of carbonyl (C=O) groups is 1. The zero-order chi connectivity index (χ0) is 22.3. The zero-order valence-electron chi connectivity index (χ0n) is 17.3. The number of rotatable bonds is 4. The monoisotopic (exact) mass is 426 g/mol. The predicted octanol–water partition coefficient (Wildman–Crippen LogP) is 5.64. The van der Waals surface area contributed by atoms with Gasteiger partial charge in [-0.15, -0.1) is 0 Å². The Hall–Kier alpha value is -3.55. The maximum absolute atomic E-state index is 13.3. The van der Waals surface area contributed by atoms with Gasteiger partial charge in [-0.25, -0.2) is 0 Å². The van der Waals surface area contributed by atoms with Crippen molar-refractivity contribution in [1.29, 1.82) is 0 Å². The number of nitrogens with zero attached hydrogens (tertiary/aromatic N) is 3. The molecule has 8 heteroatoms. The van der Waals surface area contributed by atoms with Crippen molar-refractivity contribution in [3.8, 4) is 11.1 Å². The third-order valence-corrected chi connectivity index (χ3v) is 5.35. The average molecular weight is 426 g/mol. The molecule has 0 spiro atoms. The highest BCUT2D eigenvalue weighted by Crippen LogP contribution is 2.37. The first-order valence-electron chi connectivity index (χ1n) is 9.79. The molecule has 0 bridgehead atoms. The summed E-state index contributed by atoms with van der Waals surface area (Å²) in [5, 5.41) is 7.17. The molecule has 0 radical (unpaired) electrons. The average Bonchev–Trinajstić information content (AvgIpc) is 3.33. The Labute approximate surface area is 177 Å². The summed E-state index contributed by atoms with van der Waals surface area (Å²) in [6.07, 6.45) is -1.71. The highest BCUT2D eigenvalue weighted by atomic mass is 19.4. The minimum atomic E-state index is -4.40. The molecular weight excluding hydrogens is 405 g/mol. The summed E-state index contributed by atoms with van der Waals surface area (Å²) >= 11 is 0. The second-order valence-electron chi connectivity index (χ2n) is 7.40. The smallest absolute Gasteiger partial charge is 0.350 e. The molecule has 0 aliphatic heterocycles. The molecule has 31 heavy (non-hydrogen) atoms. The Balaban J connectivity index is 1.64. The molecule has 4 aromatic rings. The van der Waals surface area contributed by atoms with Gasteiger partial charge in [-0.3, -0.25) is 9.48 Å². The molecule has 2 heterocycles. The fourth-order valence-corrected chi connectivity index (χ4v) is 3.74. The van der Waals surface area contributed by atoms with Crippen molar-refractivity contribution in [3.05, 3.63) is 71.7 Å². The second-order valence-corrected chi connectivity index (χ2v) is 7.40. The van der Waals surface area contributed by atoms with E-state index >= 15 is 0 Å². The van der Waals surface area contributed by atoms with E-state index in [1.54, 1.807) is 42.2 Å². The van der Waals surface area contributed by atoms with E-state index in [0.29, 0.717) is 23.4 Å². The summed E-state index contributed by atoms with van der Waals surface area (Å²) in [5.41, 5.74) is 3.50. The van der Waals surface area contributed by atoms with Crippen LogP contribution in [0.1, 0.15) is 28.5 Å². The van der Waals surface area contributed by atoms with Crippen molar-refractivity contribution in [2.24, 2.45) is 7.05 Å². The Bertz CT molecular complexity index is 1280. The Morgan fingerprint density at radius 3 is 2.48 bits per heavy atom. The molecule has 5 nitrogen and oxygen atoms in total. The summed E-state index contributed by atoms with van der Waals surface area (Å²) in [7, 11) is 1.60. The SMILES string of the molecule is CCn1nccc1C(=O)Nc1ccc(-c2ccc3c(C(F)(F)F)cn(C)c3c2)cc1C. The van der Waals surface area contributed by atoms with Gasteiger partial charge in [0.2, 0.25) is 0 Å². The Kier molecular flexibility index (Phi) is 5.08. The van der Waals surface area contributed by atoms with Crippen LogP contribution in [0, 0.1) is 6.92 Å². The molecule has 2 aromatic heterocycles. The van der Waals surface area contributed by atoms with Gasteiger partial charge in [0.25, 0.3) is 5.91 Å². The summed E-state index contributed by atoms with van der Waals surface area (Å²) in [5.74, 6) is -0.250. The van der Waals surface area contributed by atoms with E-state index in [1.165, 1.54) is 10.6 Å². The van der Waals surface area contributed by atoms with Crippen LogP contribution in [0.5, 0.6) is 0 Å². The van der Waals surface area contributed by atoms with Crippen LogP contribution in [0.4, 0.5) is 18.9 Å². The van der Waals surface area contributed by atoms with Crippen molar-refractivity contribution in [3.63, 3.8) is 0 Å². The molecule has 0 aliphatic carbocycles. The number of nitrogens with one attached hydrogen (secondary N) is 1. The van der Waals surface area contributed by atoms with Gasteiger partial charge in [-0.05, 0) is 54.8 Å². The largest absolute Gasteiger partial charge is 0.418 e. The van der Waals surface area contributed by atoms with Crippen molar-refractivity contribution < 1.29 is 18.0 Å². The molecule has 0 saturated heterocycles. The van der Waals surface area contributed by atoms with E-state index in [0.717, 1.165) is 22.9 Å². The molecular formula is C23H21F3N4O. The zero-order valence-corrected chi connectivity index (χ0v) is 17.3. The lowest BCUT2D eigenvalue weighted by atomic mass is 10.0. The lowest BCUT2D eigenvalue weighted by Gasteiger charge is -2.12. The van der Waals surface area contributed by atoms with Crippen LogP contribution >= 0.6 is 0 Å². The van der Waals surface area contributed by atoms with E-state index in [-0.39, 0.29) is 11.3 Å². The lowest BCUT2D eigenvalue weighted by molar-refractivity contribution is -0.136. The lowest BCUT2D eigenvalue weighted by Crippen LogP contribution is -2.17. The minimum absolute atomic E-state index is 0.173. The first kappa shape index (κ1) is 20.7. The van der Waals surface area contributed by atoms with Crippen LogP contribution in [0.15, 0.2) is 54.9 Å². The summed E-state index contributed by atoms with van der Waals surface area (Å²) < 4.78 is 42.9. The Morgan fingerprint density at radius 2 is 1.81 bits per heavy atom. The maximum atomic E-state index is 13.3. The van der Waals surface area contributed by atoms with Crippen LogP contribution < -0.4 is 5.32 Å². The van der Waals surface area contributed by atoms with Crippen LogP contribution in [0.2, 0.25) is 0 Å². The topological polar surface area (TPSA) is 51.9 Å². The summed E-state index contributed by atoms with van der Waals surface area (Å²) in [4.78, 5) is 12.6. The van der Waals surface area contributed by atoms with Crippen molar-refractivity contribution in [1.82, 2.24) is 14.3 Å². The van der Waals surface area contributed by atoms with Gasteiger partial charge in [0, 0.05) is 42.6 Å². The summed E-state index contributed by atoms with van der Waals surface area (Å²) in [6.45, 7) is 4.37. The highest BCUT2D eigenvalue weighted by molar-refractivity contribution is 6.03. The molecule has 160 valence electrons. The number of aromatic nitrogens is 3. The number of fused-ring (bicyclic) bond motifs is 1. The molecule has 2 aromatic carbocycles. The van der Waals surface area contributed by atoms with E-state index in [1.807, 2.05) is 26.0 Å². The van der Waals surface area contributed by atoms with Gasteiger partial charge in [0.05, 0.1) is 5.56 Å². The van der Waals surface area contributed by atoms with Gasteiger partial charge >= 0.3 is 6.18 Å². The van der Waals surface area contributed by atoms with Gasteiger partial charge in [-0.1, -0.05) is 18.2 Å². The third-order valence-electron chi connectivity index (χ3n) is 5.35. The van der Waals surface area contributed by atoms with Crippen LogP contribution in [0.3, 0.4) is 0 Å². The van der Waals surface area contributed by atoms with E-state index < -0.39 is 11.7 Å². The second kappa shape index (κ2) is 7.61. The van der Waals surface area contributed by atoms with Gasteiger partial charge in [-0.2, -0.15) is 18.3 Å². The van der Waals surface area contributed by atoms with Gasteiger partial charge in [0.1, 0.15) is 5.69 Å². The Morgan fingerprint density at radius 1 is 1.10 bits per heavy atom. The number of hydrogen-bond donors (Lipinski definition) is 1. The number of alkyl halides is 3. The standard InChI is InChI=1S/C23H21F3N4O/c1-4-30-20(9-10-27-30)22(31)28-19-8-6-15(11-14(19)2)16-5-7-17-18(23(24,25)26)13-29(3)21(17)12-16/h5-13H,4H2,1-3H3,(H,28,31). The van der Waals surface area contributed by atoms with Crippen LogP contribution in [0.25, 0.3) is 22.0 Å². The molecule has 0 saturated carbocycles. The highest BCUT2D eigenvalue weighted by Gasteiger charge is 2.34. The van der Waals surface area contributed by atoms with Crippen molar-refractivity contribution in [2.75, 3.05) is 5.32 Å². The van der Waals surface area contributed by atoms with Gasteiger partial charge < -0.3 is 9.88 Å².